The fraction of sp³-hybridized carbons (Fsp3) is 0.562. The van der Waals surface area contributed by atoms with Crippen molar-refractivity contribution in [3.05, 3.63) is 23.8 Å². The molecule has 1 rings (SSSR count). The molecule has 22 heavy (non-hydrogen) atoms. The van der Waals surface area contributed by atoms with Crippen LogP contribution < -0.4 is 20.5 Å². The van der Waals surface area contributed by atoms with Crippen molar-refractivity contribution in [1.29, 1.82) is 0 Å². The third kappa shape index (κ3) is 6.12. The highest BCUT2D eigenvalue weighted by Crippen LogP contribution is 2.28. The van der Waals surface area contributed by atoms with Crippen LogP contribution in [0.25, 0.3) is 0 Å². The average molecular weight is 331 g/mol. The lowest BCUT2D eigenvalue weighted by atomic mass is 10.1. The SMILES string of the molecule is CCCOc1ccc(C(=O)NC(C)(C)CN)cc1OCC.Cl. The van der Waals surface area contributed by atoms with Crippen molar-refractivity contribution in [2.75, 3.05) is 19.8 Å². The van der Waals surface area contributed by atoms with Gasteiger partial charge in [0, 0.05) is 17.6 Å². The van der Waals surface area contributed by atoms with E-state index in [2.05, 4.69) is 5.32 Å². The number of ether oxygens (including phenoxy) is 2. The van der Waals surface area contributed by atoms with Crippen LogP contribution in [0, 0.1) is 0 Å². The predicted octanol–water partition coefficient (Wildman–Crippen LogP) is 2.76. The summed E-state index contributed by atoms with van der Waals surface area (Å²) in [7, 11) is 0. The fourth-order valence-corrected chi connectivity index (χ4v) is 1.68. The molecule has 0 aliphatic heterocycles. The molecule has 6 heteroatoms. The van der Waals surface area contributed by atoms with E-state index in [1.54, 1.807) is 18.2 Å². The lowest BCUT2D eigenvalue weighted by Crippen LogP contribution is -2.48. The number of benzene rings is 1. The van der Waals surface area contributed by atoms with Gasteiger partial charge in [0.1, 0.15) is 0 Å². The molecule has 0 aromatic heterocycles. The Kier molecular flexibility index (Phi) is 8.90. The standard InChI is InChI=1S/C16H26N2O3.ClH/c1-5-9-21-13-8-7-12(10-14(13)20-6-2)15(19)18-16(3,4)11-17;/h7-8,10H,5-6,9,11,17H2,1-4H3,(H,18,19);1H. The molecule has 1 aromatic carbocycles. The first-order valence-electron chi connectivity index (χ1n) is 7.35. The van der Waals surface area contributed by atoms with Crippen LogP contribution in [0.1, 0.15) is 44.5 Å². The molecule has 1 aromatic rings. The van der Waals surface area contributed by atoms with Gasteiger partial charge in [-0.05, 0) is 45.4 Å². The Labute approximate surface area is 139 Å². The van der Waals surface area contributed by atoms with E-state index in [1.165, 1.54) is 0 Å². The normalized spacial score (nSPS) is 10.6. The minimum atomic E-state index is -0.444. The van der Waals surface area contributed by atoms with Gasteiger partial charge in [-0.2, -0.15) is 0 Å². The lowest BCUT2D eigenvalue weighted by molar-refractivity contribution is 0.0915. The van der Waals surface area contributed by atoms with Crippen LogP contribution in [0.3, 0.4) is 0 Å². The molecule has 0 spiro atoms. The summed E-state index contributed by atoms with van der Waals surface area (Å²) >= 11 is 0. The first-order valence-corrected chi connectivity index (χ1v) is 7.35. The maximum absolute atomic E-state index is 12.2. The molecule has 0 radical (unpaired) electrons. The summed E-state index contributed by atoms with van der Waals surface area (Å²) in [5.41, 5.74) is 5.72. The van der Waals surface area contributed by atoms with Gasteiger partial charge in [-0.1, -0.05) is 6.92 Å². The molecule has 1 amide bonds. The van der Waals surface area contributed by atoms with Crippen LogP contribution in [0.2, 0.25) is 0 Å². The molecular formula is C16H27ClN2O3. The van der Waals surface area contributed by atoms with Crippen molar-refractivity contribution >= 4 is 18.3 Å². The zero-order valence-electron chi connectivity index (χ0n) is 13.8. The summed E-state index contributed by atoms with van der Waals surface area (Å²) in [6, 6.07) is 5.21. The number of carbonyl (C=O) groups is 1. The van der Waals surface area contributed by atoms with Gasteiger partial charge < -0.3 is 20.5 Å². The Hall–Kier alpha value is -1.46. The molecule has 0 bridgehead atoms. The summed E-state index contributed by atoms with van der Waals surface area (Å²) in [5, 5.41) is 2.89. The van der Waals surface area contributed by atoms with E-state index in [-0.39, 0.29) is 18.3 Å². The van der Waals surface area contributed by atoms with Gasteiger partial charge in [-0.3, -0.25) is 4.79 Å². The monoisotopic (exact) mass is 330 g/mol. The number of hydrogen-bond acceptors (Lipinski definition) is 4. The largest absolute Gasteiger partial charge is 0.490 e. The van der Waals surface area contributed by atoms with Gasteiger partial charge in [-0.15, -0.1) is 12.4 Å². The van der Waals surface area contributed by atoms with Crippen LogP contribution in [-0.4, -0.2) is 31.2 Å². The van der Waals surface area contributed by atoms with E-state index < -0.39 is 5.54 Å². The first kappa shape index (κ1) is 20.5. The summed E-state index contributed by atoms with van der Waals surface area (Å²) < 4.78 is 11.2. The van der Waals surface area contributed by atoms with E-state index in [1.807, 2.05) is 27.7 Å². The second-order valence-corrected chi connectivity index (χ2v) is 5.49. The Morgan fingerprint density at radius 3 is 2.45 bits per heavy atom. The van der Waals surface area contributed by atoms with E-state index in [4.69, 9.17) is 15.2 Å². The molecule has 0 heterocycles. The molecule has 0 aliphatic rings. The minimum absolute atomic E-state index is 0. The molecule has 3 N–H and O–H groups in total. The Bertz CT molecular complexity index is 478. The highest BCUT2D eigenvalue weighted by atomic mass is 35.5. The molecule has 0 unspecified atom stereocenters. The second kappa shape index (κ2) is 9.54. The van der Waals surface area contributed by atoms with E-state index in [0.29, 0.717) is 36.8 Å². The van der Waals surface area contributed by atoms with Gasteiger partial charge in [0.15, 0.2) is 11.5 Å². The maximum atomic E-state index is 12.2. The number of nitrogens with one attached hydrogen (secondary N) is 1. The zero-order chi connectivity index (χ0) is 15.9. The minimum Gasteiger partial charge on any atom is -0.490 e. The third-order valence-corrected chi connectivity index (χ3v) is 2.93. The van der Waals surface area contributed by atoms with Crippen molar-refractivity contribution in [3.63, 3.8) is 0 Å². The highest BCUT2D eigenvalue weighted by Gasteiger charge is 2.20. The Morgan fingerprint density at radius 1 is 1.23 bits per heavy atom. The van der Waals surface area contributed by atoms with Crippen molar-refractivity contribution in [2.45, 2.75) is 39.7 Å². The van der Waals surface area contributed by atoms with Crippen molar-refractivity contribution in [3.8, 4) is 11.5 Å². The van der Waals surface area contributed by atoms with Gasteiger partial charge in [0.25, 0.3) is 5.91 Å². The molecule has 0 atom stereocenters. The van der Waals surface area contributed by atoms with E-state index >= 15 is 0 Å². The van der Waals surface area contributed by atoms with E-state index in [0.717, 1.165) is 6.42 Å². The lowest BCUT2D eigenvalue weighted by Gasteiger charge is -2.24. The molecule has 126 valence electrons. The van der Waals surface area contributed by atoms with Crippen LogP contribution in [0.4, 0.5) is 0 Å². The molecule has 0 aliphatic carbocycles. The number of hydrogen-bond donors (Lipinski definition) is 2. The Balaban J connectivity index is 0.00000441. The van der Waals surface area contributed by atoms with E-state index in [9.17, 15) is 4.79 Å². The van der Waals surface area contributed by atoms with Crippen molar-refractivity contribution in [2.24, 2.45) is 5.73 Å². The number of halogens is 1. The van der Waals surface area contributed by atoms with Gasteiger partial charge >= 0.3 is 0 Å². The highest BCUT2D eigenvalue weighted by molar-refractivity contribution is 5.95. The summed E-state index contributed by atoms with van der Waals surface area (Å²) in [4.78, 5) is 12.2. The van der Waals surface area contributed by atoms with Gasteiger partial charge in [-0.25, -0.2) is 0 Å². The van der Waals surface area contributed by atoms with Crippen molar-refractivity contribution in [1.82, 2.24) is 5.32 Å². The zero-order valence-corrected chi connectivity index (χ0v) is 14.6. The summed E-state index contributed by atoms with van der Waals surface area (Å²) in [6.07, 6.45) is 0.915. The molecular weight excluding hydrogens is 304 g/mol. The smallest absolute Gasteiger partial charge is 0.251 e. The number of carbonyl (C=O) groups excluding carboxylic acids is 1. The topological polar surface area (TPSA) is 73.6 Å². The maximum Gasteiger partial charge on any atom is 0.251 e. The molecule has 5 nitrogen and oxygen atoms in total. The number of nitrogens with two attached hydrogens (primary N) is 1. The second-order valence-electron chi connectivity index (χ2n) is 5.49. The molecule has 0 saturated carbocycles. The number of rotatable bonds is 8. The average Bonchev–Trinajstić information content (AvgIpc) is 2.45. The van der Waals surface area contributed by atoms with Gasteiger partial charge in [0.05, 0.1) is 13.2 Å². The summed E-state index contributed by atoms with van der Waals surface area (Å²) in [6.45, 7) is 9.20. The van der Waals surface area contributed by atoms with Crippen molar-refractivity contribution < 1.29 is 14.3 Å². The first-order chi connectivity index (χ1) is 9.93. The van der Waals surface area contributed by atoms with Crippen LogP contribution in [0.5, 0.6) is 11.5 Å². The molecule has 0 fully saturated rings. The summed E-state index contributed by atoms with van der Waals surface area (Å²) in [5.74, 6) is 1.07. The quantitative estimate of drug-likeness (QED) is 0.768. The van der Waals surface area contributed by atoms with Crippen LogP contribution in [0.15, 0.2) is 18.2 Å². The number of amides is 1. The Morgan fingerprint density at radius 2 is 1.91 bits per heavy atom. The molecule has 0 saturated heterocycles. The van der Waals surface area contributed by atoms with Crippen LogP contribution >= 0.6 is 12.4 Å². The third-order valence-electron chi connectivity index (χ3n) is 2.93. The predicted molar refractivity (Wildman–Crippen MR) is 91.2 cm³/mol. The van der Waals surface area contributed by atoms with Crippen LogP contribution in [-0.2, 0) is 0 Å². The fourth-order valence-electron chi connectivity index (χ4n) is 1.68. The van der Waals surface area contributed by atoms with Gasteiger partial charge in [0.2, 0.25) is 0 Å².